The molecule has 0 aromatic heterocycles. The molecule has 0 fully saturated rings. The molecule has 6 nitrogen and oxygen atoms in total. The molecule has 0 bridgehead atoms. The van der Waals surface area contributed by atoms with Gasteiger partial charge < -0.3 is 21.7 Å². The van der Waals surface area contributed by atoms with Crippen LogP contribution in [0.25, 0.3) is 0 Å². The number of nitrogens with two attached hydrogens (primary N) is 2. The third-order valence-corrected chi connectivity index (χ3v) is 2.64. The molecule has 1 aromatic carbocycles. The molecule has 6 heteroatoms. The van der Waals surface area contributed by atoms with E-state index in [-0.39, 0.29) is 12.5 Å². The molecule has 1 rings (SSSR count). The number of carbonyl (C=O) groups excluding carboxylic acids is 2. The highest BCUT2D eigenvalue weighted by molar-refractivity contribution is 5.99. The predicted molar refractivity (Wildman–Crippen MR) is 71.2 cm³/mol. The Morgan fingerprint density at radius 3 is 2.61 bits per heavy atom. The van der Waals surface area contributed by atoms with Gasteiger partial charge in [-0.25, -0.2) is 0 Å². The second-order valence-electron chi connectivity index (χ2n) is 3.93. The average Bonchev–Trinajstić information content (AvgIpc) is 2.34. The van der Waals surface area contributed by atoms with Crippen LogP contribution >= 0.6 is 0 Å². The van der Waals surface area contributed by atoms with Crippen LogP contribution in [-0.4, -0.2) is 36.9 Å². The molecular weight excluding hydrogens is 232 g/mol. The molecule has 0 saturated heterocycles. The number of primary amides is 1. The smallest absolute Gasteiger partial charge is 0.250 e. The highest BCUT2D eigenvalue weighted by Gasteiger charge is 2.11. The van der Waals surface area contributed by atoms with Crippen molar-refractivity contribution < 1.29 is 9.59 Å². The molecule has 0 unspecified atom stereocenters. The highest BCUT2D eigenvalue weighted by atomic mass is 16.2. The summed E-state index contributed by atoms with van der Waals surface area (Å²) in [6, 6.07) is 4.71. The first-order valence-corrected chi connectivity index (χ1v) is 5.62. The van der Waals surface area contributed by atoms with E-state index in [0.29, 0.717) is 23.5 Å². The van der Waals surface area contributed by atoms with E-state index in [2.05, 4.69) is 5.32 Å². The molecule has 0 spiro atoms. The summed E-state index contributed by atoms with van der Waals surface area (Å²) in [6.07, 6.45) is 0. The zero-order valence-electron chi connectivity index (χ0n) is 10.6. The fourth-order valence-electron chi connectivity index (χ4n) is 1.41. The molecule has 1 aromatic rings. The average molecular weight is 250 g/mol. The molecule has 0 radical (unpaired) electrons. The van der Waals surface area contributed by atoms with Gasteiger partial charge in [-0.15, -0.1) is 0 Å². The SMILES string of the molecule is CCN(C)C(=O)CNc1cc(N)ccc1C(N)=O. The zero-order valence-corrected chi connectivity index (χ0v) is 10.6. The molecular formula is C12H18N4O2. The molecule has 0 aliphatic rings. The zero-order chi connectivity index (χ0) is 13.7. The summed E-state index contributed by atoms with van der Waals surface area (Å²) < 4.78 is 0. The first-order chi connectivity index (χ1) is 8.45. The number of carbonyl (C=O) groups is 2. The summed E-state index contributed by atoms with van der Waals surface area (Å²) >= 11 is 0. The van der Waals surface area contributed by atoms with Crippen molar-refractivity contribution >= 4 is 23.2 Å². The lowest BCUT2D eigenvalue weighted by Gasteiger charge is -2.16. The van der Waals surface area contributed by atoms with Crippen LogP contribution in [0, 0.1) is 0 Å². The lowest BCUT2D eigenvalue weighted by Crippen LogP contribution is -2.32. The maximum Gasteiger partial charge on any atom is 0.250 e. The van der Waals surface area contributed by atoms with E-state index in [1.165, 1.54) is 6.07 Å². The van der Waals surface area contributed by atoms with Gasteiger partial charge in [-0.05, 0) is 25.1 Å². The molecule has 5 N–H and O–H groups in total. The van der Waals surface area contributed by atoms with Crippen molar-refractivity contribution in [2.45, 2.75) is 6.92 Å². The molecule has 18 heavy (non-hydrogen) atoms. The number of rotatable bonds is 5. The van der Waals surface area contributed by atoms with Gasteiger partial charge in [0.1, 0.15) is 0 Å². The molecule has 2 amide bonds. The van der Waals surface area contributed by atoms with Crippen molar-refractivity contribution in [2.24, 2.45) is 5.73 Å². The van der Waals surface area contributed by atoms with E-state index < -0.39 is 5.91 Å². The predicted octanol–water partition coefficient (Wildman–Crippen LogP) is 0.258. The maximum atomic E-state index is 11.6. The number of nitrogens with zero attached hydrogens (tertiary/aromatic N) is 1. The van der Waals surface area contributed by atoms with Gasteiger partial charge in [-0.3, -0.25) is 9.59 Å². The Kier molecular flexibility index (Phi) is 4.53. The number of anilines is 2. The molecule has 98 valence electrons. The van der Waals surface area contributed by atoms with E-state index in [9.17, 15) is 9.59 Å². The Bertz CT molecular complexity index is 459. The number of hydrogen-bond donors (Lipinski definition) is 3. The summed E-state index contributed by atoms with van der Waals surface area (Å²) in [6.45, 7) is 2.60. The number of hydrogen-bond acceptors (Lipinski definition) is 4. The summed E-state index contributed by atoms with van der Waals surface area (Å²) in [4.78, 5) is 24.4. The first kappa shape index (κ1) is 13.8. The quantitative estimate of drug-likeness (QED) is 0.652. The van der Waals surface area contributed by atoms with Crippen molar-refractivity contribution in [2.75, 3.05) is 31.2 Å². The number of nitrogens with one attached hydrogen (secondary N) is 1. The molecule has 0 heterocycles. The van der Waals surface area contributed by atoms with Crippen molar-refractivity contribution in [1.82, 2.24) is 4.90 Å². The van der Waals surface area contributed by atoms with Gasteiger partial charge in [0.15, 0.2) is 0 Å². The summed E-state index contributed by atoms with van der Waals surface area (Å²) in [5, 5.41) is 2.88. The van der Waals surface area contributed by atoms with E-state index >= 15 is 0 Å². The topological polar surface area (TPSA) is 101 Å². The Morgan fingerprint density at radius 1 is 1.39 bits per heavy atom. The van der Waals surface area contributed by atoms with Gasteiger partial charge >= 0.3 is 0 Å². The Labute approximate surface area is 106 Å². The fraction of sp³-hybridized carbons (Fsp3) is 0.333. The number of amides is 2. The monoisotopic (exact) mass is 250 g/mol. The van der Waals surface area contributed by atoms with Gasteiger partial charge in [0.2, 0.25) is 5.91 Å². The minimum atomic E-state index is -0.561. The Balaban J connectivity index is 2.81. The van der Waals surface area contributed by atoms with Crippen LogP contribution in [0.1, 0.15) is 17.3 Å². The van der Waals surface area contributed by atoms with Crippen LogP contribution < -0.4 is 16.8 Å². The summed E-state index contributed by atoms with van der Waals surface area (Å²) in [7, 11) is 1.71. The standard InChI is InChI=1S/C12H18N4O2/c1-3-16(2)11(17)7-15-10-6-8(13)4-5-9(10)12(14)18/h4-6,15H,3,7,13H2,1-2H3,(H2,14,18). The van der Waals surface area contributed by atoms with Crippen LogP contribution in [0.5, 0.6) is 0 Å². The van der Waals surface area contributed by atoms with Crippen LogP contribution in [0.15, 0.2) is 18.2 Å². The Morgan fingerprint density at radius 2 is 2.06 bits per heavy atom. The fourth-order valence-corrected chi connectivity index (χ4v) is 1.41. The van der Waals surface area contributed by atoms with Crippen LogP contribution in [0.4, 0.5) is 11.4 Å². The number of benzene rings is 1. The minimum Gasteiger partial charge on any atom is -0.399 e. The van der Waals surface area contributed by atoms with E-state index in [4.69, 9.17) is 11.5 Å². The van der Waals surface area contributed by atoms with E-state index in [1.54, 1.807) is 24.1 Å². The van der Waals surface area contributed by atoms with Crippen molar-refractivity contribution in [3.8, 4) is 0 Å². The van der Waals surface area contributed by atoms with Gasteiger partial charge in [0.25, 0.3) is 5.91 Å². The van der Waals surface area contributed by atoms with E-state index in [1.807, 2.05) is 6.92 Å². The van der Waals surface area contributed by atoms with Gasteiger partial charge in [0.05, 0.1) is 12.1 Å². The first-order valence-electron chi connectivity index (χ1n) is 5.62. The Hall–Kier alpha value is -2.24. The third-order valence-electron chi connectivity index (χ3n) is 2.64. The van der Waals surface area contributed by atoms with Gasteiger partial charge in [-0.1, -0.05) is 0 Å². The third kappa shape index (κ3) is 3.38. The minimum absolute atomic E-state index is 0.0738. The summed E-state index contributed by atoms with van der Waals surface area (Å²) in [5.41, 5.74) is 12.2. The highest BCUT2D eigenvalue weighted by Crippen LogP contribution is 2.18. The maximum absolute atomic E-state index is 11.6. The van der Waals surface area contributed by atoms with Crippen molar-refractivity contribution in [3.05, 3.63) is 23.8 Å². The van der Waals surface area contributed by atoms with Crippen LogP contribution in [0.2, 0.25) is 0 Å². The van der Waals surface area contributed by atoms with Crippen molar-refractivity contribution in [3.63, 3.8) is 0 Å². The number of likely N-dealkylation sites (N-methyl/N-ethyl adjacent to an activating group) is 1. The molecule has 0 aliphatic heterocycles. The van der Waals surface area contributed by atoms with Crippen LogP contribution in [-0.2, 0) is 4.79 Å². The van der Waals surface area contributed by atoms with Gasteiger partial charge in [-0.2, -0.15) is 0 Å². The lowest BCUT2D eigenvalue weighted by atomic mass is 10.1. The number of nitrogen functional groups attached to an aromatic ring is 1. The van der Waals surface area contributed by atoms with Crippen molar-refractivity contribution in [1.29, 1.82) is 0 Å². The molecule has 0 atom stereocenters. The normalized spacial score (nSPS) is 9.89. The van der Waals surface area contributed by atoms with Gasteiger partial charge in [0, 0.05) is 25.0 Å². The molecule has 0 aliphatic carbocycles. The lowest BCUT2D eigenvalue weighted by molar-refractivity contribution is -0.127. The van der Waals surface area contributed by atoms with E-state index in [0.717, 1.165) is 0 Å². The second kappa shape index (κ2) is 5.90. The largest absolute Gasteiger partial charge is 0.399 e. The van der Waals surface area contributed by atoms with Crippen LogP contribution in [0.3, 0.4) is 0 Å². The summed E-state index contributed by atoms with van der Waals surface area (Å²) in [5.74, 6) is -0.635. The second-order valence-corrected chi connectivity index (χ2v) is 3.93. The molecule has 0 saturated carbocycles.